The molecule has 0 unspecified atom stereocenters. The van der Waals surface area contributed by atoms with Gasteiger partial charge in [0.05, 0.1) is 23.2 Å². The number of anilines is 1. The van der Waals surface area contributed by atoms with E-state index in [0.717, 1.165) is 0 Å². The molecule has 8 heteroatoms. The summed E-state index contributed by atoms with van der Waals surface area (Å²) in [6, 6.07) is 4.02. The van der Waals surface area contributed by atoms with Crippen molar-refractivity contribution in [2.45, 2.75) is 33.7 Å². The Labute approximate surface area is 159 Å². The summed E-state index contributed by atoms with van der Waals surface area (Å²) < 4.78 is 0. The molecule has 4 N–H and O–H groups in total. The first-order valence-electron chi connectivity index (χ1n) is 8.63. The number of amides is 3. The SMILES string of the molecule is CCN(CC)C(=O)c1ccc(NC(=O)CNC(=O)[C@@H](N)C(C)C)cc1Cl. The Balaban J connectivity index is 2.69. The summed E-state index contributed by atoms with van der Waals surface area (Å²) in [6.07, 6.45) is 0. The van der Waals surface area contributed by atoms with Crippen LogP contribution in [0.2, 0.25) is 5.02 Å². The number of nitrogens with one attached hydrogen (secondary N) is 2. The zero-order chi connectivity index (χ0) is 19.9. The monoisotopic (exact) mass is 382 g/mol. The Morgan fingerprint density at radius 1 is 1.19 bits per heavy atom. The van der Waals surface area contributed by atoms with Gasteiger partial charge in [-0.15, -0.1) is 0 Å². The van der Waals surface area contributed by atoms with Gasteiger partial charge < -0.3 is 21.3 Å². The Bertz CT molecular complexity index is 660. The van der Waals surface area contributed by atoms with Crippen LogP contribution in [0.15, 0.2) is 18.2 Å². The van der Waals surface area contributed by atoms with Crippen molar-refractivity contribution in [3.63, 3.8) is 0 Å². The first-order valence-corrected chi connectivity index (χ1v) is 9.00. The van der Waals surface area contributed by atoms with Crippen LogP contribution in [0, 0.1) is 5.92 Å². The highest BCUT2D eigenvalue weighted by atomic mass is 35.5. The summed E-state index contributed by atoms with van der Waals surface area (Å²) in [5.41, 5.74) is 6.54. The van der Waals surface area contributed by atoms with E-state index in [0.29, 0.717) is 24.3 Å². The maximum absolute atomic E-state index is 12.4. The van der Waals surface area contributed by atoms with Gasteiger partial charge in [-0.3, -0.25) is 14.4 Å². The largest absolute Gasteiger partial charge is 0.346 e. The highest BCUT2D eigenvalue weighted by molar-refractivity contribution is 6.34. The van der Waals surface area contributed by atoms with Crippen LogP contribution in [-0.4, -0.2) is 48.3 Å². The fraction of sp³-hybridized carbons (Fsp3) is 0.500. The van der Waals surface area contributed by atoms with E-state index in [-0.39, 0.29) is 29.3 Å². The number of rotatable bonds is 8. The molecule has 0 aromatic heterocycles. The summed E-state index contributed by atoms with van der Waals surface area (Å²) in [7, 11) is 0. The predicted octanol–water partition coefficient (Wildman–Crippen LogP) is 1.86. The van der Waals surface area contributed by atoms with Crippen LogP contribution in [0.25, 0.3) is 0 Å². The second-order valence-electron chi connectivity index (χ2n) is 6.21. The summed E-state index contributed by atoms with van der Waals surface area (Å²) in [5, 5.41) is 5.37. The Hall–Kier alpha value is -2.12. The molecular formula is C18H27ClN4O3. The summed E-state index contributed by atoms with van der Waals surface area (Å²) in [5.74, 6) is -0.970. The quantitative estimate of drug-likeness (QED) is 0.638. The molecule has 0 saturated carbocycles. The van der Waals surface area contributed by atoms with Crippen LogP contribution in [0.1, 0.15) is 38.1 Å². The van der Waals surface area contributed by atoms with Crippen molar-refractivity contribution in [1.82, 2.24) is 10.2 Å². The molecule has 1 rings (SSSR count). The number of hydrogen-bond donors (Lipinski definition) is 3. The average Bonchev–Trinajstić information content (AvgIpc) is 2.59. The zero-order valence-electron chi connectivity index (χ0n) is 15.6. The van der Waals surface area contributed by atoms with E-state index in [1.165, 1.54) is 6.07 Å². The third-order valence-electron chi connectivity index (χ3n) is 3.98. The van der Waals surface area contributed by atoms with Gasteiger partial charge in [-0.05, 0) is 38.0 Å². The van der Waals surface area contributed by atoms with Gasteiger partial charge in [0.2, 0.25) is 11.8 Å². The maximum atomic E-state index is 12.4. The van der Waals surface area contributed by atoms with Crippen LogP contribution in [0.4, 0.5) is 5.69 Å². The number of hydrogen-bond acceptors (Lipinski definition) is 4. The normalized spacial score (nSPS) is 11.8. The van der Waals surface area contributed by atoms with Crippen molar-refractivity contribution in [2.24, 2.45) is 11.7 Å². The van der Waals surface area contributed by atoms with E-state index in [1.807, 2.05) is 27.7 Å². The lowest BCUT2D eigenvalue weighted by Crippen LogP contribution is -2.46. The van der Waals surface area contributed by atoms with Crippen molar-refractivity contribution in [1.29, 1.82) is 0 Å². The molecule has 1 atom stereocenters. The van der Waals surface area contributed by atoms with Crippen molar-refractivity contribution in [2.75, 3.05) is 25.0 Å². The van der Waals surface area contributed by atoms with Gasteiger partial charge in [0.1, 0.15) is 0 Å². The van der Waals surface area contributed by atoms with Crippen LogP contribution in [0.5, 0.6) is 0 Å². The zero-order valence-corrected chi connectivity index (χ0v) is 16.4. The molecule has 0 aliphatic rings. The topological polar surface area (TPSA) is 105 Å². The van der Waals surface area contributed by atoms with Crippen LogP contribution >= 0.6 is 11.6 Å². The van der Waals surface area contributed by atoms with E-state index in [2.05, 4.69) is 10.6 Å². The molecule has 26 heavy (non-hydrogen) atoms. The first kappa shape index (κ1) is 21.9. The number of nitrogens with two attached hydrogens (primary N) is 1. The third kappa shape index (κ3) is 6.00. The van der Waals surface area contributed by atoms with E-state index >= 15 is 0 Å². The van der Waals surface area contributed by atoms with Gasteiger partial charge in [0, 0.05) is 18.8 Å². The number of nitrogens with zero attached hydrogens (tertiary/aromatic N) is 1. The minimum absolute atomic E-state index is 0.0206. The van der Waals surface area contributed by atoms with Gasteiger partial charge >= 0.3 is 0 Å². The minimum Gasteiger partial charge on any atom is -0.346 e. The Kier molecular flexibility index (Phi) is 8.54. The van der Waals surface area contributed by atoms with E-state index in [1.54, 1.807) is 17.0 Å². The van der Waals surface area contributed by atoms with Crippen LogP contribution in [0.3, 0.4) is 0 Å². The van der Waals surface area contributed by atoms with Gasteiger partial charge in [0.25, 0.3) is 5.91 Å². The molecular weight excluding hydrogens is 356 g/mol. The molecule has 0 saturated heterocycles. The molecule has 1 aromatic carbocycles. The minimum atomic E-state index is -0.664. The molecule has 0 spiro atoms. The number of carbonyl (C=O) groups is 3. The first-order chi connectivity index (χ1) is 12.2. The highest BCUT2D eigenvalue weighted by Gasteiger charge is 2.18. The second-order valence-corrected chi connectivity index (χ2v) is 6.62. The molecule has 144 valence electrons. The average molecular weight is 383 g/mol. The Morgan fingerprint density at radius 3 is 2.31 bits per heavy atom. The molecule has 1 aromatic rings. The molecule has 3 amide bonds. The van der Waals surface area contributed by atoms with Gasteiger partial charge in [-0.25, -0.2) is 0 Å². The molecule has 0 radical (unpaired) electrons. The van der Waals surface area contributed by atoms with Gasteiger partial charge in [-0.2, -0.15) is 0 Å². The van der Waals surface area contributed by atoms with Gasteiger partial charge in [-0.1, -0.05) is 25.4 Å². The second kappa shape index (κ2) is 10.1. The smallest absolute Gasteiger partial charge is 0.255 e. The summed E-state index contributed by atoms with van der Waals surface area (Å²) >= 11 is 6.18. The number of carbonyl (C=O) groups excluding carboxylic acids is 3. The van der Waals surface area contributed by atoms with Crippen LogP contribution in [-0.2, 0) is 9.59 Å². The predicted molar refractivity (Wildman–Crippen MR) is 103 cm³/mol. The molecule has 0 heterocycles. The lowest BCUT2D eigenvalue weighted by atomic mass is 10.1. The number of benzene rings is 1. The fourth-order valence-corrected chi connectivity index (χ4v) is 2.50. The fourth-order valence-electron chi connectivity index (χ4n) is 2.24. The highest BCUT2D eigenvalue weighted by Crippen LogP contribution is 2.22. The van der Waals surface area contributed by atoms with Crippen molar-refractivity contribution >= 4 is 35.0 Å². The lowest BCUT2D eigenvalue weighted by Gasteiger charge is -2.19. The van der Waals surface area contributed by atoms with Crippen molar-refractivity contribution in [3.8, 4) is 0 Å². The standard InChI is InChI=1S/C18H27ClN4O3/c1-5-23(6-2)18(26)13-8-7-12(9-14(13)19)22-15(24)10-21-17(25)16(20)11(3)4/h7-9,11,16H,5-6,10,20H2,1-4H3,(H,21,25)(H,22,24)/t16-/m0/s1. The summed E-state index contributed by atoms with van der Waals surface area (Å²) in [6.45, 7) is 8.41. The summed E-state index contributed by atoms with van der Waals surface area (Å²) in [4.78, 5) is 37.7. The lowest BCUT2D eigenvalue weighted by molar-refractivity contribution is -0.125. The van der Waals surface area contributed by atoms with Gasteiger partial charge in [0.15, 0.2) is 0 Å². The molecule has 0 aliphatic carbocycles. The molecule has 7 nitrogen and oxygen atoms in total. The van der Waals surface area contributed by atoms with Crippen molar-refractivity contribution in [3.05, 3.63) is 28.8 Å². The van der Waals surface area contributed by atoms with E-state index < -0.39 is 11.9 Å². The molecule has 0 bridgehead atoms. The van der Waals surface area contributed by atoms with Crippen molar-refractivity contribution < 1.29 is 14.4 Å². The Morgan fingerprint density at radius 2 is 1.81 bits per heavy atom. The van der Waals surface area contributed by atoms with E-state index in [9.17, 15) is 14.4 Å². The van der Waals surface area contributed by atoms with E-state index in [4.69, 9.17) is 17.3 Å². The maximum Gasteiger partial charge on any atom is 0.255 e. The number of halogens is 1. The van der Waals surface area contributed by atoms with Crippen LogP contribution < -0.4 is 16.4 Å². The molecule has 0 aliphatic heterocycles. The third-order valence-corrected chi connectivity index (χ3v) is 4.29. The molecule has 0 fully saturated rings.